The fourth-order valence-electron chi connectivity index (χ4n) is 7.47. The molecule has 0 spiro atoms. The minimum Gasteiger partial charge on any atom is -0.496 e. The molecule has 9 rings (SSSR count). The van der Waals surface area contributed by atoms with E-state index in [1.165, 1.54) is 49.9 Å². The van der Waals surface area contributed by atoms with Crippen LogP contribution in [-0.2, 0) is 0 Å². The van der Waals surface area contributed by atoms with Gasteiger partial charge in [-0.1, -0.05) is 162 Å². The Kier molecular flexibility index (Phi) is 31.4. The van der Waals surface area contributed by atoms with Crippen molar-refractivity contribution < 1.29 is 4.74 Å². The van der Waals surface area contributed by atoms with Crippen LogP contribution < -0.4 is 4.74 Å². The van der Waals surface area contributed by atoms with Crippen LogP contribution in [0, 0.1) is 26.7 Å². The summed E-state index contributed by atoms with van der Waals surface area (Å²) in [5, 5.41) is 9.38. The largest absolute Gasteiger partial charge is 0.496 e. The monoisotopic (exact) mass is 1050 g/mol. The molecule has 0 fully saturated rings. The Balaban J connectivity index is 0.000000453. The van der Waals surface area contributed by atoms with Gasteiger partial charge in [0.1, 0.15) is 24.1 Å². The predicted molar refractivity (Wildman–Crippen MR) is 332 cm³/mol. The zero-order valence-electron chi connectivity index (χ0n) is 52.1. The van der Waals surface area contributed by atoms with Gasteiger partial charge in [-0.05, 0) is 150 Å². The summed E-state index contributed by atoms with van der Waals surface area (Å²) in [5.74, 6) is 4.40. The molecule has 1 aliphatic rings. The third kappa shape index (κ3) is 22.3. The van der Waals surface area contributed by atoms with Gasteiger partial charge in [0.25, 0.3) is 0 Å². The van der Waals surface area contributed by atoms with E-state index >= 15 is 0 Å². The van der Waals surface area contributed by atoms with Crippen LogP contribution >= 0.6 is 0 Å². The van der Waals surface area contributed by atoms with Gasteiger partial charge in [0, 0.05) is 60.5 Å². The van der Waals surface area contributed by atoms with Gasteiger partial charge in [0.2, 0.25) is 0 Å². The van der Waals surface area contributed by atoms with Crippen LogP contribution in [0.2, 0.25) is 0 Å². The summed E-state index contributed by atoms with van der Waals surface area (Å²) in [6, 6.07) is 22.9. The average Bonchev–Trinajstić information content (AvgIpc) is 4.21. The molecule has 1 aliphatic heterocycles. The molecule has 1 aromatic carbocycles. The molecule has 11 heteroatoms. The number of benzene rings is 1. The Morgan fingerprint density at radius 2 is 1.04 bits per heavy atom. The summed E-state index contributed by atoms with van der Waals surface area (Å²) in [6.45, 7) is 50.5. The summed E-state index contributed by atoms with van der Waals surface area (Å²) in [4.78, 5) is 21.9. The van der Waals surface area contributed by atoms with E-state index in [2.05, 4.69) is 204 Å². The van der Waals surface area contributed by atoms with Gasteiger partial charge in [0.05, 0.1) is 7.11 Å². The fourth-order valence-corrected chi connectivity index (χ4v) is 7.47. The van der Waals surface area contributed by atoms with Crippen LogP contribution in [0.15, 0.2) is 140 Å². The lowest BCUT2D eigenvalue weighted by Gasteiger charge is -2.25. The molecule has 0 radical (unpaired) electrons. The number of fused-ring (bicyclic) bond motifs is 3. The van der Waals surface area contributed by atoms with Crippen molar-refractivity contribution in [3.63, 3.8) is 0 Å². The van der Waals surface area contributed by atoms with E-state index in [9.17, 15) is 0 Å². The number of likely N-dealkylation sites (N-methyl/N-ethyl adjacent to an activating group) is 1. The van der Waals surface area contributed by atoms with Crippen molar-refractivity contribution in [3.05, 3.63) is 185 Å². The number of aromatic amines is 1. The fraction of sp³-hybridized carbons (Fsp3) is 0.455. The summed E-state index contributed by atoms with van der Waals surface area (Å²) in [7, 11) is 3.76. The number of pyridine rings is 4. The number of methoxy groups -OCH3 is 1. The second-order valence-corrected chi connectivity index (χ2v) is 20.0. The number of nitrogens with zero attached hydrogens (tertiary/aromatic N) is 9. The number of aryl methyl sites for hydroxylation is 3. The first-order valence-electron chi connectivity index (χ1n) is 28.0. The lowest BCUT2D eigenvalue weighted by atomic mass is 9.98. The molecular weight excluding hydrogens is 949 g/mol. The number of aromatic nitrogens is 9. The van der Waals surface area contributed by atoms with E-state index in [1.807, 2.05) is 105 Å². The molecule has 77 heavy (non-hydrogen) atoms. The molecule has 8 aromatic rings. The van der Waals surface area contributed by atoms with Crippen molar-refractivity contribution in [1.29, 1.82) is 0 Å². The normalized spacial score (nSPS) is 11.5. The third-order valence-electron chi connectivity index (χ3n) is 12.2. The van der Waals surface area contributed by atoms with E-state index < -0.39 is 0 Å². The van der Waals surface area contributed by atoms with Crippen molar-refractivity contribution in [2.24, 2.45) is 5.92 Å². The van der Waals surface area contributed by atoms with Gasteiger partial charge in [0.15, 0.2) is 11.3 Å². The molecular formula is C66H100N10O. The van der Waals surface area contributed by atoms with Crippen molar-refractivity contribution in [2.75, 3.05) is 14.2 Å². The zero-order chi connectivity index (χ0) is 58.5. The van der Waals surface area contributed by atoms with Crippen LogP contribution in [0.1, 0.15) is 206 Å². The molecule has 420 valence electrons. The number of allylic oxidation sites excluding steroid dienone is 3. The highest BCUT2D eigenvalue weighted by Gasteiger charge is 2.12. The topological polar surface area (TPSA) is 114 Å². The Bertz CT molecular complexity index is 2880. The number of H-pyrrole nitrogens is 1. The molecule has 7 aromatic heterocycles. The Hall–Kier alpha value is -6.88. The molecule has 0 amide bonds. The van der Waals surface area contributed by atoms with Gasteiger partial charge < -0.3 is 14.6 Å². The van der Waals surface area contributed by atoms with Gasteiger partial charge in [-0.25, -0.2) is 24.0 Å². The summed E-state index contributed by atoms with van der Waals surface area (Å²) >= 11 is 0. The van der Waals surface area contributed by atoms with Crippen LogP contribution in [0.4, 0.5) is 0 Å². The number of hydrogen-bond donors (Lipinski definition) is 1. The highest BCUT2D eigenvalue weighted by molar-refractivity contribution is 5.79. The Morgan fingerprint density at radius 1 is 0.558 bits per heavy atom. The number of nitrogens with one attached hydrogen (secondary N) is 1. The van der Waals surface area contributed by atoms with Crippen LogP contribution in [-0.4, -0.2) is 63.2 Å². The maximum Gasteiger partial charge on any atom is 0.155 e. The quantitative estimate of drug-likeness (QED) is 0.168. The standard InChI is InChI=1S/C11H17N.C11H16O.C10H12N2.C10H15N.2C9H11N3.3C2H6/c1-8(2)11-6-9(3)10(4)12(5)7-11;1-8(2)10-6-5-9(3)11(7-10)12-4;1-7(2)9-6-12-10-8(9)4-3-5-11-10;1-7(2)10-5-8(3)11-9(4)6-10;2*1-7(2)8-3-4-9-10-6-11-12(9)5-8;3*1-2/h6-8H,4H2,1-3,5H3;5-8H,1-4H3;3-7H,1-2H3,(H,11,12);5-7H,1-4H3;2*3-7H,1-2H3;3*1-2H3. The van der Waals surface area contributed by atoms with E-state index in [0.29, 0.717) is 35.5 Å². The predicted octanol–water partition coefficient (Wildman–Crippen LogP) is 18.4. The van der Waals surface area contributed by atoms with Crippen LogP contribution in [0.3, 0.4) is 0 Å². The van der Waals surface area contributed by atoms with E-state index in [-0.39, 0.29) is 0 Å². The van der Waals surface area contributed by atoms with E-state index in [0.717, 1.165) is 39.8 Å². The smallest absolute Gasteiger partial charge is 0.155 e. The second-order valence-electron chi connectivity index (χ2n) is 20.0. The summed E-state index contributed by atoms with van der Waals surface area (Å²) in [6.07, 6.45) is 15.4. The van der Waals surface area contributed by atoms with Gasteiger partial charge in [-0.2, -0.15) is 10.2 Å². The lowest BCUT2D eigenvalue weighted by molar-refractivity contribution is 0.411. The van der Waals surface area contributed by atoms with E-state index in [1.54, 1.807) is 28.8 Å². The van der Waals surface area contributed by atoms with Crippen LogP contribution in [0.25, 0.3) is 22.3 Å². The van der Waals surface area contributed by atoms with Crippen molar-refractivity contribution in [3.8, 4) is 5.75 Å². The zero-order valence-corrected chi connectivity index (χ0v) is 52.1. The molecule has 0 atom stereocenters. The minimum atomic E-state index is 0.540. The average molecular weight is 1050 g/mol. The molecule has 11 nitrogen and oxygen atoms in total. The molecule has 0 saturated carbocycles. The molecule has 0 bridgehead atoms. The van der Waals surface area contributed by atoms with Gasteiger partial charge in [-0.3, -0.25) is 4.98 Å². The maximum atomic E-state index is 5.24. The SMILES string of the molecule is C=C1C(C)=CC(C(C)C)=CN1C.CC.CC.CC.CC(C)c1c[nH]c2ncccc12.CC(C)c1ccc2ncnn2c1.CC(C)c1ccc2ncnn2c1.COc1cc(C(C)C)ccc1C.Cc1cc(C(C)C)cc(C)n1. The first kappa shape index (κ1) is 68.1. The maximum absolute atomic E-state index is 5.24. The van der Waals surface area contributed by atoms with Crippen LogP contribution in [0.5, 0.6) is 5.75 Å². The minimum absolute atomic E-state index is 0.540. The molecule has 8 heterocycles. The Labute approximate surface area is 466 Å². The molecule has 0 aliphatic carbocycles. The first-order valence-corrected chi connectivity index (χ1v) is 28.0. The number of hydrogen-bond acceptors (Lipinski definition) is 8. The first-order chi connectivity index (χ1) is 36.6. The van der Waals surface area contributed by atoms with Gasteiger partial charge in [-0.15, -0.1) is 0 Å². The third-order valence-corrected chi connectivity index (χ3v) is 12.2. The second kappa shape index (κ2) is 35.4. The van der Waals surface area contributed by atoms with Crippen molar-refractivity contribution in [1.82, 2.24) is 49.0 Å². The molecule has 0 saturated heterocycles. The number of ether oxygens (including phenoxy) is 1. The molecule has 0 unspecified atom stereocenters. The highest BCUT2D eigenvalue weighted by atomic mass is 16.5. The highest BCUT2D eigenvalue weighted by Crippen LogP contribution is 2.26. The Morgan fingerprint density at radius 3 is 1.47 bits per heavy atom. The van der Waals surface area contributed by atoms with Gasteiger partial charge >= 0.3 is 0 Å². The van der Waals surface area contributed by atoms with Crippen molar-refractivity contribution >= 4 is 22.3 Å². The van der Waals surface area contributed by atoms with E-state index in [4.69, 9.17) is 4.74 Å². The van der Waals surface area contributed by atoms with Crippen molar-refractivity contribution in [2.45, 2.75) is 182 Å². The summed E-state index contributed by atoms with van der Waals surface area (Å²) in [5.41, 5.74) is 16.6. The summed E-state index contributed by atoms with van der Waals surface area (Å²) < 4.78 is 8.84. The number of rotatable bonds is 7. The molecule has 1 N–H and O–H groups in total. The lowest BCUT2D eigenvalue weighted by Crippen LogP contribution is -2.16.